The van der Waals surface area contributed by atoms with E-state index < -0.39 is 0 Å². The second-order valence-electron chi connectivity index (χ2n) is 4.11. The predicted molar refractivity (Wildman–Crippen MR) is 62.4 cm³/mol. The summed E-state index contributed by atoms with van der Waals surface area (Å²) in [4.78, 5) is 15.6. The van der Waals surface area contributed by atoms with Gasteiger partial charge < -0.3 is 10.4 Å². The Kier molecular flexibility index (Phi) is 3.88. The average Bonchev–Trinajstić information content (AvgIpc) is 2.29. The Bertz CT molecular complexity index is 373. The van der Waals surface area contributed by atoms with Crippen molar-refractivity contribution >= 4 is 5.91 Å². The standard InChI is InChI=1S/C12H18N2O2/c1-4-12(3,5-2)14-11(16)9-6-7-13-8-10(9)15/h6-8,15H,4-5H2,1-3H3,(H,14,16). The van der Waals surface area contributed by atoms with Gasteiger partial charge >= 0.3 is 0 Å². The second kappa shape index (κ2) is 4.96. The van der Waals surface area contributed by atoms with Crippen molar-refractivity contribution in [1.29, 1.82) is 0 Å². The normalized spacial score (nSPS) is 11.2. The van der Waals surface area contributed by atoms with Gasteiger partial charge in [0.25, 0.3) is 5.91 Å². The summed E-state index contributed by atoms with van der Waals surface area (Å²) in [5, 5.41) is 12.4. The van der Waals surface area contributed by atoms with E-state index in [1.54, 1.807) is 0 Å². The molecule has 1 amide bonds. The lowest BCUT2D eigenvalue weighted by Gasteiger charge is -2.28. The van der Waals surface area contributed by atoms with Crippen molar-refractivity contribution in [3.8, 4) is 5.75 Å². The maximum absolute atomic E-state index is 11.9. The monoisotopic (exact) mass is 222 g/mol. The molecule has 0 saturated carbocycles. The van der Waals surface area contributed by atoms with E-state index in [2.05, 4.69) is 10.3 Å². The molecule has 2 N–H and O–H groups in total. The predicted octanol–water partition coefficient (Wildman–Crippen LogP) is 2.10. The second-order valence-corrected chi connectivity index (χ2v) is 4.11. The van der Waals surface area contributed by atoms with Crippen LogP contribution in [0.4, 0.5) is 0 Å². The number of hydrogen-bond acceptors (Lipinski definition) is 3. The highest BCUT2D eigenvalue weighted by Crippen LogP contribution is 2.18. The lowest BCUT2D eigenvalue weighted by Crippen LogP contribution is -2.44. The lowest BCUT2D eigenvalue weighted by atomic mass is 9.95. The summed E-state index contributed by atoms with van der Waals surface area (Å²) in [6.07, 6.45) is 4.45. The number of carbonyl (C=O) groups is 1. The number of nitrogens with zero attached hydrogens (tertiary/aromatic N) is 1. The molecule has 1 aromatic heterocycles. The zero-order valence-electron chi connectivity index (χ0n) is 9.95. The molecule has 0 radical (unpaired) electrons. The van der Waals surface area contributed by atoms with Crippen molar-refractivity contribution in [1.82, 2.24) is 10.3 Å². The Hall–Kier alpha value is -1.58. The van der Waals surface area contributed by atoms with Crippen LogP contribution >= 0.6 is 0 Å². The fraction of sp³-hybridized carbons (Fsp3) is 0.500. The first-order valence-corrected chi connectivity index (χ1v) is 5.48. The third-order valence-electron chi connectivity index (χ3n) is 3.02. The van der Waals surface area contributed by atoms with Gasteiger partial charge in [-0.1, -0.05) is 13.8 Å². The highest BCUT2D eigenvalue weighted by Gasteiger charge is 2.23. The number of aromatic nitrogens is 1. The number of aromatic hydroxyl groups is 1. The van der Waals surface area contributed by atoms with E-state index in [0.29, 0.717) is 0 Å². The zero-order valence-corrected chi connectivity index (χ0v) is 9.95. The fourth-order valence-electron chi connectivity index (χ4n) is 1.35. The van der Waals surface area contributed by atoms with Crippen LogP contribution in [0.15, 0.2) is 18.5 Å². The molecule has 16 heavy (non-hydrogen) atoms. The van der Waals surface area contributed by atoms with Crippen molar-refractivity contribution in [3.63, 3.8) is 0 Å². The van der Waals surface area contributed by atoms with E-state index in [4.69, 9.17) is 0 Å². The lowest BCUT2D eigenvalue weighted by molar-refractivity contribution is 0.0898. The molecule has 1 aromatic rings. The Labute approximate surface area is 95.7 Å². The summed E-state index contributed by atoms with van der Waals surface area (Å²) >= 11 is 0. The van der Waals surface area contributed by atoms with E-state index in [1.165, 1.54) is 18.5 Å². The molecule has 0 bridgehead atoms. The largest absolute Gasteiger partial charge is 0.505 e. The van der Waals surface area contributed by atoms with Gasteiger partial charge in [0.1, 0.15) is 5.75 Å². The van der Waals surface area contributed by atoms with Gasteiger partial charge in [0.05, 0.1) is 11.8 Å². The SMILES string of the molecule is CCC(C)(CC)NC(=O)c1ccncc1O. The summed E-state index contributed by atoms with van der Waals surface area (Å²) < 4.78 is 0. The summed E-state index contributed by atoms with van der Waals surface area (Å²) in [7, 11) is 0. The Balaban J connectivity index is 2.84. The van der Waals surface area contributed by atoms with Gasteiger partial charge in [-0.3, -0.25) is 9.78 Å². The van der Waals surface area contributed by atoms with Crippen LogP contribution in [-0.4, -0.2) is 21.5 Å². The van der Waals surface area contributed by atoms with Gasteiger partial charge in [0, 0.05) is 11.7 Å². The van der Waals surface area contributed by atoms with Crippen LogP contribution in [0, 0.1) is 0 Å². The molecule has 88 valence electrons. The van der Waals surface area contributed by atoms with Crippen LogP contribution in [0.5, 0.6) is 5.75 Å². The average molecular weight is 222 g/mol. The van der Waals surface area contributed by atoms with Gasteiger partial charge in [0.2, 0.25) is 0 Å². The minimum absolute atomic E-state index is 0.0884. The van der Waals surface area contributed by atoms with Crippen LogP contribution < -0.4 is 5.32 Å². The molecular weight excluding hydrogens is 204 g/mol. The van der Waals surface area contributed by atoms with Crippen LogP contribution in [0.3, 0.4) is 0 Å². The first-order valence-electron chi connectivity index (χ1n) is 5.48. The van der Waals surface area contributed by atoms with Crippen LogP contribution in [0.25, 0.3) is 0 Å². The molecule has 0 spiro atoms. The summed E-state index contributed by atoms with van der Waals surface area (Å²) in [5.41, 5.74) is 0.0374. The molecule has 0 aliphatic carbocycles. The summed E-state index contributed by atoms with van der Waals surface area (Å²) in [6, 6.07) is 1.51. The smallest absolute Gasteiger partial charge is 0.255 e. The number of carbonyl (C=O) groups excluding carboxylic acids is 1. The first kappa shape index (κ1) is 12.5. The van der Waals surface area contributed by atoms with Gasteiger partial charge in [0.15, 0.2) is 0 Å². The third kappa shape index (κ3) is 2.72. The molecule has 0 saturated heterocycles. The quantitative estimate of drug-likeness (QED) is 0.820. The summed E-state index contributed by atoms with van der Waals surface area (Å²) in [5.74, 6) is -0.347. The minimum Gasteiger partial charge on any atom is -0.505 e. The molecule has 0 aliphatic heterocycles. The topological polar surface area (TPSA) is 62.2 Å². The molecule has 0 aliphatic rings. The van der Waals surface area contributed by atoms with E-state index in [0.717, 1.165) is 12.8 Å². The maximum Gasteiger partial charge on any atom is 0.255 e. The Morgan fingerprint density at radius 3 is 2.62 bits per heavy atom. The van der Waals surface area contributed by atoms with Crippen molar-refractivity contribution in [2.45, 2.75) is 39.2 Å². The number of rotatable bonds is 4. The van der Waals surface area contributed by atoms with Gasteiger partial charge in [-0.05, 0) is 25.8 Å². The van der Waals surface area contributed by atoms with E-state index in [9.17, 15) is 9.90 Å². The molecule has 0 fully saturated rings. The molecule has 1 heterocycles. The molecule has 4 heteroatoms. The highest BCUT2D eigenvalue weighted by molar-refractivity contribution is 5.97. The molecule has 0 unspecified atom stereocenters. The number of hydrogen-bond donors (Lipinski definition) is 2. The number of nitrogens with one attached hydrogen (secondary N) is 1. The van der Waals surface area contributed by atoms with Crippen molar-refractivity contribution < 1.29 is 9.90 Å². The maximum atomic E-state index is 11.9. The zero-order chi connectivity index (χ0) is 12.2. The van der Waals surface area contributed by atoms with Gasteiger partial charge in [-0.25, -0.2) is 0 Å². The number of amides is 1. The Morgan fingerprint density at radius 2 is 2.12 bits per heavy atom. The molecular formula is C12H18N2O2. The Morgan fingerprint density at radius 1 is 1.50 bits per heavy atom. The van der Waals surface area contributed by atoms with Crippen LogP contribution in [0.2, 0.25) is 0 Å². The van der Waals surface area contributed by atoms with Gasteiger partial charge in [-0.2, -0.15) is 0 Å². The van der Waals surface area contributed by atoms with E-state index in [1.807, 2.05) is 20.8 Å². The van der Waals surface area contributed by atoms with Crippen molar-refractivity contribution in [2.24, 2.45) is 0 Å². The molecule has 0 aromatic carbocycles. The van der Waals surface area contributed by atoms with Crippen LogP contribution in [0.1, 0.15) is 44.0 Å². The third-order valence-corrected chi connectivity index (χ3v) is 3.02. The van der Waals surface area contributed by atoms with E-state index >= 15 is 0 Å². The van der Waals surface area contributed by atoms with Gasteiger partial charge in [-0.15, -0.1) is 0 Å². The van der Waals surface area contributed by atoms with Crippen LogP contribution in [-0.2, 0) is 0 Å². The molecule has 0 atom stereocenters. The van der Waals surface area contributed by atoms with Crippen molar-refractivity contribution in [2.75, 3.05) is 0 Å². The first-order chi connectivity index (χ1) is 7.52. The number of pyridine rings is 1. The molecule has 4 nitrogen and oxygen atoms in total. The highest BCUT2D eigenvalue weighted by atomic mass is 16.3. The van der Waals surface area contributed by atoms with Crippen molar-refractivity contribution in [3.05, 3.63) is 24.0 Å². The fourth-order valence-corrected chi connectivity index (χ4v) is 1.35. The van der Waals surface area contributed by atoms with E-state index in [-0.39, 0.29) is 22.8 Å². The minimum atomic E-state index is -0.258. The molecule has 1 rings (SSSR count). The summed E-state index contributed by atoms with van der Waals surface area (Å²) in [6.45, 7) is 6.04.